The second kappa shape index (κ2) is 5.41. The highest BCUT2D eigenvalue weighted by atomic mass is 79.9. The lowest BCUT2D eigenvalue weighted by molar-refractivity contribution is 0.639. The number of nitrogens with zero attached hydrogens (tertiary/aromatic N) is 1. The smallest absolute Gasteiger partial charge is 0.0590 e. The van der Waals surface area contributed by atoms with Gasteiger partial charge in [-0.25, -0.2) is 0 Å². The van der Waals surface area contributed by atoms with Crippen LogP contribution in [0.1, 0.15) is 25.7 Å². The minimum atomic E-state index is 0.447. The van der Waals surface area contributed by atoms with E-state index in [-0.39, 0.29) is 0 Å². The van der Waals surface area contributed by atoms with Crippen LogP contribution in [0.25, 0.3) is 0 Å². The second-order valence-electron chi connectivity index (χ2n) is 4.30. The summed E-state index contributed by atoms with van der Waals surface area (Å²) in [6.45, 7) is 1.05. The maximum atomic E-state index is 4.07. The fourth-order valence-electron chi connectivity index (χ4n) is 2.25. The predicted molar refractivity (Wildman–Crippen MR) is 75.1 cm³/mol. The molecule has 4 heteroatoms. The van der Waals surface area contributed by atoms with E-state index in [0.29, 0.717) is 4.75 Å². The lowest BCUT2D eigenvalue weighted by Gasteiger charge is -2.27. The molecule has 2 rings (SSSR count). The molecule has 0 aliphatic heterocycles. The molecule has 1 aromatic heterocycles. The molecule has 1 saturated carbocycles. The molecule has 0 spiro atoms. The molecule has 0 bridgehead atoms. The number of anilines is 1. The second-order valence-corrected chi connectivity index (χ2v) is 6.43. The summed E-state index contributed by atoms with van der Waals surface area (Å²) in [6, 6.07) is 2.02. The van der Waals surface area contributed by atoms with Crippen molar-refractivity contribution >= 4 is 33.4 Å². The van der Waals surface area contributed by atoms with Crippen molar-refractivity contribution in [3.05, 3.63) is 22.9 Å². The first-order valence-electron chi connectivity index (χ1n) is 5.64. The lowest BCUT2D eigenvalue weighted by Crippen LogP contribution is -2.30. The van der Waals surface area contributed by atoms with E-state index < -0.39 is 0 Å². The third-order valence-electron chi connectivity index (χ3n) is 3.32. The van der Waals surface area contributed by atoms with E-state index in [2.05, 4.69) is 32.5 Å². The van der Waals surface area contributed by atoms with E-state index >= 15 is 0 Å². The molecule has 0 radical (unpaired) electrons. The Morgan fingerprint density at radius 3 is 2.88 bits per heavy atom. The molecule has 16 heavy (non-hydrogen) atoms. The van der Waals surface area contributed by atoms with Gasteiger partial charge in [-0.1, -0.05) is 12.8 Å². The van der Waals surface area contributed by atoms with Crippen LogP contribution in [0.15, 0.2) is 22.9 Å². The molecule has 1 heterocycles. The molecule has 0 unspecified atom stereocenters. The van der Waals surface area contributed by atoms with Crippen LogP contribution < -0.4 is 5.32 Å². The number of hydrogen-bond donors (Lipinski definition) is 1. The molecule has 0 aromatic carbocycles. The number of nitrogens with one attached hydrogen (secondary N) is 1. The topological polar surface area (TPSA) is 24.9 Å². The van der Waals surface area contributed by atoms with E-state index in [9.17, 15) is 0 Å². The van der Waals surface area contributed by atoms with Crippen molar-refractivity contribution in [3.63, 3.8) is 0 Å². The van der Waals surface area contributed by atoms with E-state index in [1.165, 1.54) is 25.7 Å². The molecule has 2 nitrogen and oxygen atoms in total. The highest BCUT2D eigenvalue weighted by Gasteiger charge is 2.32. The molecule has 1 aliphatic carbocycles. The van der Waals surface area contributed by atoms with Gasteiger partial charge in [-0.3, -0.25) is 4.98 Å². The van der Waals surface area contributed by atoms with E-state index in [1.807, 2.05) is 30.2 Å². The molecule has 1 aliphatic rings. The molecule has 1 N–H and O–H groups in total. The van der Waals surface area contributed by atoms with Crippen molar-refractivity contribution in [2.45, 2.75) is 30.4 Å². The Labute approximate surface area is 110 Å². The average molecular weight is 301 g/mol. The summed E-state index contributed by atoms with van der Waals surface area (Å²) >= 11 is 5.53. The molecule has 1 fully saturated rings. The van der Waals surface area contributed by atoms with Gasteiger partial charge in [0.05, 0.1) is 10.2 Å². The summed E-state index contributed by atoms with van der Waals surface area (Å²) in [5.41, 5.74) is 1.15. The molecule has 88 valence electrons. The van der Waals surface area contributed by atoms with E-state index in [4.69, 9.17) is 0 Å². The van der Waals surface area contributed by atoms with Gasteiger partial charge in [0.2, 0.25) is 0 Å². The summed E-state index contributed by atoms with van der Waals surface area (Å²) in [5.74, 6) is 0. The Morgan fingerprint density at radius 1 is 1.50 bits per heavy atom. The van der Waals surface area contributed by atoms with E-state index in [0.717, 1.165) is 16.7 Å². The number of aromatic nitrogens is 1. The zero-order valence-corrected chi connectivity index (χ0v) is 11.9. The molecule has 0 saturated heterocycles. The largest absolute Gasteiger partial charge is 0.383 e. The number of thioether (sulfide) groups is 1. The van der Waals surface area contributed by atoms with Crippen LogP contribution in [0.2, 0.25) is 0 Å². The minimum Gasteiger partial charge on any atom is -0.383 e. The van der Waals surface area contributed by atoms with Gasteiger partial charge in [0, 0.05) is 23.7 Å². The lowest BCUT2D eigenvalue weighted by atomic mass is 10.1. The molecule has 1 aromatic rings. The maximum absolute atomic E-state index is 4.07. The third kappa shape index (κ3) is 2.72. The van der Waals surface area contributed by atoms with Crippen LogP contribution in [0, 0.1) is 0 Å². The molecular formula is C12H17BrN2S. The average Bonchev–Trinajstić information content (AvgIpc) is 2.78. The van der Waals surface area contributed by atoms with Crippen LogP contribution in [0.3, 0.4) is 0 Å². The monoisotopic (exact) mass is 300 g/mol. The Hall–Kier alpha value is -0.220. The summed E-state index contributed by atoms with van der Waals surface area (Å²) in [5, 5.41) is 3.54. The Morgan fingerprint density at radius 2 is 2.25 bits per heavy atom. The van der Waals surface area contributed by atoms with Gasteiger partial charge in [-0.15, -0.1) is 0 Å². The first-order chi connectivity index (χ1) is 7.76. The normalized spacial score (nSPS) is 18.6. The first-order valence-corrected chi connectivity index (χ1v) is 7.66. The van der Waals surface area contributed by atoms with Crippen molar-refractivity contribution < 1.29 is 0 Å². The van der Waals surface area contributed by atoms with Crippen LogP contribution in [0.4, 0.5) is 5.69 Å². The van der Waals surface area contributed by atoms with Gasteiger partial charge in [0.15, 0.2) is 0 Å². The fraction of sp³-hybridized carbons (Fsp3) is 0.583. The van der Waals surface area contributed by atoms with Gasteiger partial charge < -0.3 is 5.32 Å². The SMILES string of the molecule is CSC1(CNc2ccncc2Br)CCCC1. The zero-order chi connectivity index (χ0) is 11.4. The minimum absolute atomic E-state index is 0.447. The molecule has 0 atom stereocenters. The fourth-order valence-corrected chi connectivity index (χ4v) is 3.55. The van der Waals surface area contributed by atoms with Crippen molar-refractivity contribution in [1.29, 1.82) is 0 Å². The molecule has 0 amide bonds. The summed E-state index contributed by atoms with van der Waals surface area (Å²) in [6.07, 6.45) is 11.3. The Balaban J connectivity index is 1.98. The quantitative estimate of drug-likeness (QED) is 0.912. The van der Waals surface area contributed by atoms with Gasteiger partial charge in [0.1, 0.15) is 0 Å². The summed E-state index contributed by atoms with van der Waals surface area (Å²) in [7, 11) is 0. The van der Waals surface area contributed by atoms with Crippen molar-refractivity contribution in [3.8, 4) is 0 Å². The number of hydrogen-bond acceptors (Lipinski definition) is 3. The van der Waals surface area contributed by atoms with Gasteiger partial charge in [-0.2, -0.15) is 11.8 Å². The Bertz CT molecular complexity index is 351. The van der Waals surface area contributed by atoms with Crippen molar-refractivity contribution in [1.82, 2.24) is 4.98 Å². The zero-order valence-electron chi connectivity index (χ0n) is 9.50. The van der Waals surface area contributed by atoms with Gasteiger partial charge in [0.25, 0.3) is 0 Å². The Kier molecular flexibility index (Phi) is 4.14. The van der Waals surface area contributed by atoms with Crippen LogP contribution in [-0.2, 0) is 0 Å². The number of rotatable bonds is 4. The highest BCUT2D eigenvalue weighted by molar-refractivity contribution is 9.10. The van der Waals surface area contributed by atoms with Gasteiger partial charge >= 0.3 is 0 Å². The predicted octanol–water partition coefficient (Wildman–Crippen LogP) is 3.93. The van der Waals surface area contributed by atoms with E-state index in [1.54, 1.807) is 0 Å². The van der Waals surface area contributed by atoms with Crippen LogP contribution >= 0.6 is 27.7 Å². The molecular weight excluding hydrogens is 284 g/mol. The van der Waals surface area contributed by atoms with Gasteiger partial charge in [-0.05, 0) is 41.1 Å². The van der Waals surface area contributed by atoms with Crippen LogP contribution in [0.5, 0.6) is 0 Å². The maximum Gasteiger partial charge on any atom is 0.0590 e. The number of halogens is 1. The van der Waals surface area contributed by atoms with Crippen LogP contribution in [-0.4, -0.2) is 22.5 Å². The highest BCUT2D eigenvalue weighted by Crippen LogP contribution is 2.40. The standard InChI is InChI=1S/C12H17BrN2S/c1-16-12(5-2-3-6-12)9-15-11-4-7-14-8-10(11)13/h4,7-8H,2-3,5-6,9H2,1H3,(H,14,15). The summed E-state index contributed by atoms with van der Waals surface area (Å²) < 4.78 is 1.49. The third-order valence-corrected chi connectivity index (χ3v) is 5.37. The van der Waals surface area contributed by atoms with Crippen molar-refractivity contribution in [2.24, 2.45) is 0 Å². The first kappa shape index (κ1) is 12.2. The summed E-state index contributed by atoms with van der Waals surface area (Å²) in [4.78, 5) is 4.07. The van der Waals surface area contributed by atoms with Crippen molar-refractivity contribution in [2.75, 3.05) is 18.1 Å². The number of pyridine rings is 1.